The number of hydrogen-bond acceptors (Lipinski definition) is 4. The van der Waals surface area contributed by atoms with Gasteiger partial charge in [-0.15, -0.1) is 0 Å². The van der Waals surface area contributed by atoms with E-state index in [1.165, 1.54) is 6.20 Å². The smallest absolute Gasteiger partial charge is 0.285 e. The topological polar surface area (TPSA) is 69.3 Å². The highest BCUT2D eigenvalue weighted by Crippen LogP contribution is 2.24. The number of benzene rings is 2. The minimum Gasteiger partial charge on any atom is -0.358 e. The highest BCUT2D eigenvalue weighted by atomic mass is 35.5. The molecule has 6 nitrogen and oxygen atoms in total. The molecule has 0 atom stereocenters. The molecule has 1 amide bonds. The Morgan fingerprint density at radius 1 is 1.08 bits per heavy atom. The van der Waals surface area contributed by atoms with E-state index in [1.54, 1.807) is 4.90 Å². The molecule has 2 aromatic carbocycles. The van der Waals surface area contributed by atoms with Crippen LogP contribution in [0.3, 0.4) is 0 Å². The van der Waals surface area contributed by atoms with Crippen molar-refractivity contribution in [3.63, 3.8) is 0 Å². The van der Waals surface area contributed by atoms with Gasteiger partial charge in [-0.05, 0) is 16.3 Å². The van der Waals surface area contributed by atoms with E-state index < -0.39 is 5.56 Å². The van der Waals surface area contributed by atoms with Crippen LogP contribution in [0.5, 0.6) is 0 Å². The number of carbonyl (C=O) groups excluding carboxylic acids is 1. The van der Waals surface area contributed by atoms with E-state index in [1.807, 2.05) is 23.1 Å². The number of amides is 1. The third kappa shape index (κ3) is 3.04. The summed E-state index contributed by atoms with van der Waals surface area (Å²) in [5, 5.41) is 8.46. The van der Waals surface area contributed by atoms with E-state index >= 15 is 0 Å². The molecule has 4 rings (SSSR count). The van der Waals surface area contributed by atoms with E-state index in [0.29, 0.717) is 25.3 Å². The molecule has 0 bridgehead atoms. The monoisotopic (exact) mass is 368 g/mol. The van der Waals surface area contributed by atoms with Crippen molar-refractivity contribution in [3.8, 4) is 0 Å². The van der Waals surface area contributed by atoms with Gasteiger partial charge in [0.05, 0.1) is 18.4 Å². The van der Waals surface area contributed by atoms with Crippen molar-refractivity contribution >= 4 is 34.0 Å². The quantitative estimate of drug-likeness (QED) is 0.770. The molecular weight excluding hydrogens is 352 g/mol. The second kappa shape index (κ2) is 6.80. The third-order valence-electron chi connectivity index (χ3n) is 4.68. The van der Waals surface area contributed by atoms with Crippen LogP contribution in [-0.4, -0.2) is 40.6 Å². The standard InChI is InChI=1S/C19H17ClN4O2/c20-18-16(10-21-22-19(18)26)23-8-9-24(17(25)12-23)11-14-6-3-5-13-4-1-2-7-15(13)14/h1-7,10H,8-9,11-12H2,(H,22,26). The number of H-pyrrole nitrogens is 1. The van der Waals surface area contributed by atoms with Gasteiger partial charge in [0.15, 0.2) is 0 Å². The summed E-state index contributed by atoms with van der Waals surface area (Å²) in [4.78, 5) is 27.9. The molecule has 7 heteroatoms. The molecule has 132 valence electrons. The summed E-state index contributed by atoms with van der Waals surface area (Å²) in [5.74, 6) is 0.000493. The fraction of sp³-hybridized carbons (Fsp3) is 0.211. The largest absolute Gasteiger partial charge is 0.358 e. The SMILES string of the molecule is O=C1CN(c2cn[nH]c(=O)c2Cl)CCN1Cc1cccc2ccccc12. The molecule has 0 unspecified atom stereocenters. The van der Waals surface area contributed by atoms with Crippen LogP contribution in [0.1, 0.15) is 5.56 Å². The van der Waals surface area contributed by atoms with Crippen molar-refractivity contribution in [1.29, 1.82) is 0 Å². The van der Waals surface area contributed by atoms with Crippen LogP contribution in [0.4, 0.5) is 5.69 Å². The van der Waals surface area contributed by atoms with E-state index in [0.717, 1.165) is 16.3 Å². The van der Waals surface area contributed by atoms with Crippen molar-refractivity contribution in [3.05, 3.63) is 69.6 Å². The van der Waals surface area contributed by atoms with E-state index in [4.69, 9.17) is 11.6 Å². The first-order chi connectivity index (χ1) is 12.6. The molecule has 1 aliphatic rings. The maximum absolute atomic E-state index is 12.6. The molecule has 1 aliphatic heterocycles. The van der Waals surface area contributed by atoms with Crippen LogP contribution >= 0.6 is 11.6 Å². The van der Waals surface area contributed by atoms with Gasteiger partial charge in [-0.3, -0.25) is 9.59 Å². The second-order valence-corrected chi connectivity index (χ2v) is 6.65. The molecule has 26 heavy (non-hydrogen) atoms. The van der Waals surface area contributed by atoms with Crippen LogP contribution in [0, 0.1) is 0 Å². The summed E-state index contributed by atoms with van der Waals surface area (Å²) < 4.78 is 0. The lowest BCUT2D eigenvalue weighted by molar-refractivity contribution is -0.131. The molecule has 1 saturated heterocycles. The number of halogens is 1. The highest BCUT2D eigenvalue weighted by Gasteiger charge is 2.26. The van der Waals surface area contributed by atoms with Gasteiger partial charge in [0.25, 0.3) is 5.56 Å². The number of aromatic nitrogens is 2. The van der Waals surface area contributed by atoms with Crippen molar-refractivity contribution in [1.82, 2.24) is 15.1 Å². The first kappa shape index (κ1) is 16.6. The molecule has 1 aromatic heterocycles. The van der Waals surface area contributed by atoms with Crippen molar-refractivity contribution < 1.29 is 4.79 Å². The number of anilines is 1. The van der Waals surface area contributed by atoms with Crippen LogP contribution in [0.2, 0.25) is 5.02 Å². The summed E-state index contributed by atoms with van der Waals surface area (Å²) in [6, 6.07) is 14.3. The molecule has 1 fully saturated rings. The van der Waals surface area contributed by atoms with Gasteiger partial charge >= 0.3 is 0 Å². The number of nitrogens with one attached hydrogen (secondary N) is 1. The average molecular weight is 369 g/mol. The number of carbonyl (C=O) groups is 1. The number of piperazine rings is 1. The van der Waals surface area contributed by atoms with Gasteiger partial charge in [0.1, 0.15) is 5.02 Å². The highest BCUT2D eigenvalue weighted by molar-refractivity contribution is 6.33. The average Bonchev–Trinajstić information content (AvgIpc) is 2.66. The minimum absolute atomic E-state index is 0.000493. The predicted octanol–water partition coefficient (Wildman–Crippen LogP) is 2.43. The summed E-state index contributed by atoms with van der Waals surface area (Å²) in [6.45, 7) is 1.90. The van der Waals surface area contributed by atoms with Crippen LogP contribution in [0.15, 0.2) is 53.5 Å². The molecule has 0 saturated carbocycles. The zero-order valence-corrected chi connectivity index (χ0v) is 14.7. The molecule has 0 radical (unpaired) electrons. The summed E-state index contributed by atoms with van der Waals surface area (Å²) in [7, 11) is 0. The zero-order valence-electron chi connectivity index (χ0n) is 14.0. The Bertz CT molecular complexity index is 1030. The summed E-state index contributed by atoms with van der Waals surface area (Å²) in [6.07, 6.45) is 1.48. The maximum Gasteiger partial charge on any atom is 0.285 e. The van der Waals surface area contributed by atoms with Crippen molar-refractivity contribution in [2.75, 3.05) is 24.5 Å². The number of aromatic amines is 1. The normalized spacial score (nSPS) is 14.9. The van der Waals surface area contributed by atoms with Gasteiger partial charge in [-0.25, -0.2) is 5.10 Å². The lowest BCUT2D eigenvalue weighted by atomic mass is 10.0. The van der Waals surface area contributed by atoms with E-state index in [-0.39, 0.29) is 17.5 Å². The molecule has 2 heterocycles. The van der Waals surface area contributed by atoms with Crippen molar-refractivity contribution in [2.45, 2.75) is 6.54 Å². The Balaban J connectivity index is 1.53. The lowest BCUT2D eigenvalue weighted by Gasteiger charge is -2.35. The van der Waals surface area contributed by atoms with Gasteiger partial charge in [0.2, 0.25) is 5.91 Å². The van der Waals surface area contributed by atoms with Crippen LogP contribution in [0.25, 0.3) is 10.8 Å². The van der Waals surface area contributed by atoms with Gasteiger partial charge < -0.3 is 9.80 Å². The van der Waals surface area contributed by atoms with E-state index in [2.05, 4.69) is 34.5 Å². The fourth-order valence-corrected chi connectivity index (χ4v) is 3.52. The molecule has 1 N–H and O–H groups in total. The molecular formula is C19H17ClN4O2. The van der Waals surface area contributed by atoms with Crippen LogP contribution < -0.4 is 10.5 Å². The number of hydrogen-bond donors (Lipinski definition) is 1. The number of rotatable bonds is 3. The Labute approximate surface area is 155 Å². The minimum atomic E-state index is -0.449. The molecule has 0 aliphatic carbocycles. The van der Waals surface area contributed by atoms with E-state index in [9.17, 15) is 9.59 Å². The zero-order chi connectivity index (χ0) is 18.1. The first-order valence-electron chi connectivity index (χ1n) is 8.36. The number of nitrogens with zero attached hydrogens (tertiary/aromatic N) is 3. The Hall–Kier alpha value is -2.86. The Morgan fingerprint density at radius 3 is 2.73 bits per heavy atom. The van der Waals surface area contributed by atoms with Crippen LogP contribution in [-0.2, 0) is 11.3 Å². The molecule has 0 spiro atoms. The Morgan fingerprint density at radius 2 is 1.88 bits per heavy atom. The van der Waals surface area contributed by atoms with Gasteiger partial charge in [0, 0.05) is 19.6 Å². The second-order valence-electron chi connectivity index (χ2n) is 6.27. The summed E-state index contributed by atoms with van der Waals surface area (Å²) in [5.41, 5.74) is 1.17. The molecule has 3 aromatic rings. The lowest BCUT2D eigenvalue weighted by Crippen LogP contribution is -2.50. The maximum atomic E-state index is 12.6. The van der Waals surface area contributed by atoms with Crippen molar-refractivity contribution in [2.24, 2.45) is 0 Å². The predicted molar refractivity (Wildman–Crippen MR) is 101 cm³/mol. The van der Waals surface area contributed by atoms with Gasteiger partial charge in [-0.2, -0.15) is 5.10 Å². The number of fused-ring (bicyclic) bond motifs is 1. The third-order valence-corrected chi connectivity index (χ3v) is 5.04. The first-order valence-corrected chi connectivity index (χ1v) is 8.74. The fourth-order valence-electron chi connectivity index (χ4n) is 3.31. The van der Waals surface area contributed by atoms with Gasteiger partial charge in [-0.1, -0.05) is 54.1 Å². The summed E-state index contributed by atoms with van der Waals surface area (Å²) >= 11 is 6.06. The Kier molecular flexibility index (Phi) is 4.34.